The fourth-order valence-corrected chi connectivity index (χ4v) is 2.94. The second-order valence-electron chi connectivity index (χ2n) is 4.42. The van der Waals surface area contributed by atoms with Gasteiger partial charge in [0.2, 0.25) is 0 Å². The van der Waals surface area contributed by atoms with Crippen LogP contribution in [0, 0.1) is 0 Å². The summed E-state index contributed by atoms with van der Waals surface area (Å²) in [6.45, 7) is 7.72. The number of hydrogen-bond acceptors (Lipinski definition) is 1. The zero-order chi connectivity index (χ0) is 12.8. The van der Waals surface area contributed by atoms with Gasteiger partial charge in [0.05, 0.1) is 0 Å². The van der Waals surface area contributed by atoms with E-state index in [0.717, 1.165) is 28.9 Å². The second-order valence-corrected chi connectivity index (χ2v) is 5.75. The molecule has 2 unspecified atom stereocenters. The van der Waals surface area contributed by atoms with Gasteiger partial charge in [-0.1, -0.05) is 54.4 Å². The standard InChI is InChI=1S/C14H21BrClN/c1-4-8-17-14(5-2)10(3)12-7-6-11(15)9-13(12)16/h6-7,9-10,14,17H,4-5,8H2,1-3H3. The van der Waals surface area contributed by atoms with Crippen molar-refractivity contribution in [3.63, 3.8) is 0 Å². The van der Waals surface area contributed by atoms with Crippen molar-refractivity contribution in [3.8, 4) is 0 Å². The molecule has 0 spiro atoms. The third-order valence-electron chi connectivity index (χ3n) is 3.15. The topological polar surface area (TPSA) is 12.0 Å². The van der Waals surface area contributed by atoms with Crippen molar-refractivity contribution in [1.29, 1.82) is 0 Å². The molecular formula is C14H21BrClN. The van der Waals surface area contributed by atoms with Crippen LogP contribution in [0.2, 0.25) is 5.02 Å². The molecule has 1 N–H and O–H groups in total. The van der Waals surface area contributed by atoms with Crippen LogP contribution in [-0.2, 0) is 0 Å². The van der Waals surface area contributed by atoms with Crippen molar-refractivity contribution < 1.29 is 0 Å². The highest BCUT2D eigenvalue weighted by Crippen LogP contribution is 2.30. The van der Waals surface area contributed by atoms with Crippen molar-refractivity contribution in [2.75, 3.05) is 6.54 Å². The van der Waals surface area contributed by atoms with Crippen molar-refractivity contribution in [2.24, 2.45) is 0 Å². The van der Waals surface area contributed by atoms with E-state index in [0.29, 0.717) is 12.0 Å². The molecule has 0 amide bonds. The van der Waals surface area contributed by atoms with E-state index >= 15 is 0 Å². The minimum atomic E-state index is 0.437. The smallest absolute Gasteiger partial charge is 0.0452 e. The summed E-state index contributed by atoms with van der Waals surface area (Å²) in [4.78, 5) is 0. The summed E-state index contributed by atoms with van der Waals surface area (Å²) in [5.41, 5.74) is 1.23. The average molecular weight is 319 g/mol. The highest BCUT2D eigenvalue weighted by Gasteiger charge is 2.18. The molecule has 17 heavy (non-hydrogen) atoms. The Labute approximate surface area is 118 Å². The van der Waals surface area contributed by atoms with Gasteiger partial charge in [-0.05, 0) is 43.0 Å². The lowest BCUT2D eigenvalue weighted by Gasteiger charge is -2.25. The predicted molar refractivity (Wildman–Crippen MR) is 79.9 cm³/mol. The number of halogens is 2. The van der Waals surface area contributed by atoms with Crippen LogP contribution in [-0.4, -0.2) is 12.6 Å². The molecule has 1 nitrogen and oxygen atoms in total. The number of nitrogens with one attached hydrogen (secondary N) is 1. The zero-order valence-corrected chi connectivity index (χ0v) is 13.1. The predicted octanol–water partition coefficient (Wildman–Crippen LogP) is 4.98. The zero-order valence-electron chi connectivity index (χ0n) is 10.8. The monoisotopic (exact) mass is 317 g/mol. The molecule has 0 heterocycles. The highest BCUT2D eigenvalue weighted by atomic mass is 79.9. The molecule has 0 aliphatic carbocycles. The molecule has 0 fully saturated rings. The first kappa shape index (κ1) is 15.0. The van der Waals surface area contributed by atoms with Crippen LogP contribution in [0.15, 0.2) is 22.7 Å². The second kappa shape index (κ2) is 7.40. The van der Waals surface area contributed by atoms with Crippen molar-refractivity contribution >= 4 is 27.5 Å². The first-order valence-corrected chi connectivity index (χ1v) is 7.45. The lowest BCUT2D eigenvalue weighted by Crippen LogP contribution is -2.33. The molecule has 0 saturated carbocycles. The van der Waals surface area contributed by atoms with E-state index < -0.39 is 0 Å². The molecule has 0 saturated heterocycles. The van der Waals surface area contributed by atoms with E-state index in [2.05, 4.69) is 54.2 Å². The van der Waals surface area contributed by atoms with Gasteiger partial charge in [0.15, 0.2) is 0 Å². The average Bonchev–Trinajstić information content (AvgIpc) is 2.29. The van der Waals surface area contributed by atoms with E-state index in [1.165, 1.54) is 5.56 Å². The third kappa shape index (κ3) is 4.27. The normalized spacial score (nSPS) is 14.6. The van der Waals surface area contributed by atoms with Crippen LogP contribution in [0.3, 0.4) is 0 Å². The molecule has 0 bridgehead atoms. The Kier molecular flexibility index (Phi) is 6.53. The molecule has 96 valence electrons. The summed E-state index contributed by atoms with van der Waals surface area (Å²) in [5.74, 6) is 0.437. The van der Waals surface area contributed by atoms with E-state index in [1.54, 1.807) is 0 Å². The van der Waals surface area contributed by atoms with Gasteiger partial charge < -0.3 is 5.32 Å². The molecule has 1 rings (SSSR count). The van der Waals surface area contributed by atoms with Crippen LogP contribution >= 0.6 is 27.5 Å². The largest absolute Gasteiger partial charge is 0.313 e. The van der Waals surface area contributed by atoms with E-state index in [4.69, 9.17) is 11.6 Å². The number of rotatable bonds is 6. The lowest BCUT2D eigenvalue weighted by atomic mass is 9.91. The van der Waals surface area contributed by atoms with Crippen LogP contribution in [0.5, 0.6) is 0 Å². The molecule has 3 heteroatoms. The van der Waals surface area contributed by atoms with Crippen molar-refractivity contribution in [2.45, 2.75) is 45.6 Å². The molecule has 0 aromatic heterocycles. The first-order chi connectivity index (χ1) is 8.10. The summed E-state index contributed by atoms with van der Waals surface area (Å²) in [6, 6.07) is 6.64. The Hall–Kier alpha value is -0.0500. The Morgan fingerprint density at radius 2 is 2.06 bits per heavy atom. The SMILES string of the molecule is CCCNC(CC)C(C)c1ccc(Br)cc1Cl. The van der Waals surface area contributed by atoms with Crippen LogP contribution in [0.4, 0.5) is 0 Å². The summed E-state index contributed by atoms with van der Waals surface area (Å²) < 4.78 is 1.04. The summed E-state index contributed by atoms with van der Waals surface area (Å²) in [6.07, 6.45) is 2.28. The minimum absolute atomic E-state index is 0.437. The summed E-state index contributed by atoms with van der Waals surface area (Å²) in [5, 5.41) is 4.44. The van der Waals surface area contributed by atoms with Gasteiger partial charge in [0.1, 0.15) is 0 Å². The van der Waals surface area contributed by atoms with Gasteiger partial charge in [-0.2, -0.15) is 0 Å². The van der Waals surface area contributed by atoms with E-state index in [9.17, 15) is 0 Å². The maximum absolute atomic E-state index is 6.30. The van der Waals surface area contributed by atoms with Crippen LogP contribution in [0.25, 0.3) is 0 Å². The fourth-order valence-electron chi connectivity index (χ4n) is 2.09. The molecule has 1 aromatic rings. The Morgan fingerprint density at radius 1 is 1.35 bits per heavy atom. The number of hydrogen-bond donors (Lipinski definition) is 1. The fraction of sp³-hybridized carbons (Fsp3) is 0.571. The Balaban J connectivity index is 2.81. The van der Waals surface area contributed by atoms with E-state index in [-0.39, 0.29) is 0 Å². The van der Waals surface area contributed by atoms with Crippen LogP contribution in [0.1, 0.15) is 45.1 Å². The van der Waals surface area contributed by atoms with Crippen molar-refractivity contribution in [1.82, 2.24) is 5.32 Å². The first-order valence-electron chi connectivity index (χ1n) is 6.28. The quantitative estimate of drug-likeness (QED) is 0.779. The third-order valence-corrected chi connectivity index (χ3v) is 3.97. The summed E-state index contributed by atoms with van der Waals surface area (Å²) >= 11 is 9.74. The maximum atomic E-state index is 6.30. The van der Waals surface area contributed by atoms with Gasteiger partial charge in [0, 0.05) is 15.5 Å². The van der Waals surface area contributed by atoms with Gasteiger partial charge in [-0.25, -0.2) is 0 Å². The minimum Gasteiger partial charge on any atom is -0.313 e. The van der Waals surface area contributed by atoms with Gasteiger partial charge in [0.25, 0.3) is 0 Å². The molecule has 0 aliphatic rings. The number of benzene rings is 1. The van der Waals surface area contributed by atoms with Crippen molar-refractivity contribution in [3.05, 3.63) is 33.3 Å². The van der Waals surface area contributed by atoms with Crippen LogP contribution < -0.4 is 5.32 Å². The Morgan fingerprint density at radius 3 is 2.59 bits per heavy atom. The molecular weight excluding hydrogens is 298 g/mol. The van der Waals surface area contributed by atoms with Gasteiger partial charge in [-0.15, -0.1) is 0 Å². The van der Waals surface area contributed by atoms with E-state index in [1.807, 2.05) is 6.07 Å². The van der Waals surface area contributed by atoms with Gasteiger partial charge >= 0.3 is 0 Å². The molecule has 1 aromatic carbocycles. The summed E-state index contributed by atoms with van der Waals surface area (Å²) in [7, 11) is 0. The van der Waals surface area contributed by atoms with Gasteiger partial charge in [-0.3, -0.25) is 0 Å². The molecule has 0 radical (unpaired) electrons. The lowest BCUT2D eigenvalue weighted by molar-refractivity contribution is 0.438. The Bertz CT molecular complexity index is 354. The maximum Gasteiger partial charge on any atom is 0.0452 e. The molecule has 0 aliphatic heterocycles. The highest BCUT2D eigenvalue weighted by molar-refractivity contribution is 9.10. The molecule has 2 atom stereocenters.